The third kappa shape index (κ3) is 5.06. The minimum atomic E-state index is -0.242. The van der Waals surface area contributed by atoms with E-state index in [9.17, 15) is 9.59 Å². The van der Waals surface area contributed by atoms with Crippen LogP contribution >= 0.6 is 0 Å². The van der Waals surface area contributed by atoms with Crippen molar-refractivity contribution in [3.05, 3.63) is 35.4 Å². The molecule has 2 N–H and O–H groups in total. The lowest BCUT2D eigenvalue weighted by atomic mass is 9.87. The van der Waals surface area contributed by atoms with Gasteiger partial charge in [-0.25, -0.2) is 0 Å². The van der Waals surface area contributed by atoms with Gasteiger partial charge in [0.05, 0.1) is 6.54 Å². The van der Waals surface area contributed by atoms with E-state index in [0.717, 1.165) is 12.8 Å². The zero-order valence-corrected chi connectivity index (χ0v) is 15.1. The molecule has 5 nitrogen and oxygen atoms in total. The number of carbonyl (C=O) groups excluding carboxylic acids is 2. The third-order valence-corrected chi connectivity index (χ3v) is 4.46. The van der Waals surface area contributed by atoms with E-state index in [1.54, 1.807) is 12.1 Å². The van der Waals surface area contributed by atoms with Crippen LogP contribution in [0.25, 0.3) is 0 Å². The molecule has 0 bridgehead atoms. The van der Waals surface area contributed by atoms with Crippen LogP contribution in [0.5, 0.6) is 0 Å². The molecule has 1 aliphatic heterocycles. The number of carbonyl (C=O) groups is 2. The predicted octanol–water partition coefficient (Wildman–Crippen LogP) is 2.40. The molecule has 1 saturated heterocycles. The largest absolute Gasteiger partial charge is 0.381 e. The summed E-state index contributed by atoms with van der Waals surface area (Å²) in [6.45, 7) is 9.69. The Hall–Kier alpha value is -1.88. The highest BCUT2D eigenvalue weighted by Crippen LogP contribution is 2.22. The van der Waals surface area contributed by atoms with Crippen LogP contribution in [-0.4, -0.2) is 37.1 Å². The van der Waals surface area contributed by atoms with Crippen molar-refractivity contribution in [2.24, 2.45) is 0 Å². The fourth-order valence-electron chi connectivity index (χ4n) is 2.71. The molecule has 1 fully saturated rings. The van der Waals surface area contributed by atoms with Crippen molar-refractivity contribution < 1.29 is 14.3 Å². The third-order valence-electron chi connectivity index (χ3n) is 4.46. The summed E-state index contributed by atoms with van der Waals surface area (Å²) in [7, 11) is 0. The van der Waals surface area contributed by atoms with E-state index in [1.165, 1.54) is 5.56 Å². The highest BCUT2D eigenvalue weighted by molar-refractivity contribution is 5.96. The molecule has 1 aromatic rings. The summed E-state index contributed by atoms with van der Waals surface area (Å²) in [6.07, 6.45) is 1.59. The zero-order valence-electron chi connectivity index (χ0n) is 15.1. The summed E-state index contributed by atoms with van der Waals surface area (Å²) in [5.74, 6) is -0.401. The van der Waals surface area contributed by atoms with Gasteiger partial charge < -0.3 is 15.4 Å². The summed E-state index contributed by atoms with van der Waals surface area (Å²) < 4.78 is 5.31. The molecule has 2 rings (SSSR count). The number of hydrogen-bond donors (Lipinski definition) is 2. The van der Waals surface area contributed by atoms with Crippen LogP contribution < -0.4 is 10.6 Å². The van der Waals surface area contributed by atoms with Gasteiger partial charge in [0, 0.05) is 24.3 Å². The van der Waals surface area contributed by atoms with Crippen molar-refractivity contribution in [2.75, 3.05) is 19.8 Å². The second-order valence-electron chi connectivity index (χ2n) is 7.73. The number of hydrogen-bond acceptors (Lipinski definition) is 3. The molecular formula is C19H28N2O3. The summed E-state index contributed by atoms with van der Waals surface area (Å²) in [5.41, 5.74) is 1.54. The molecule has 1 aromatic carbocycles. The molecule has 0 saturated carbocycles. The van der Waals surface area contributed by atoms with Crippen molar-refractivity contribution in [1.82, 2.24) is 10.6 Å². The molecule has 1 heterocycles. The Balaban J connectivity index is 1.85. The smallest absolute Gasteiger partial charge is 0.251 e. The average molecular weight is 332 g/mol. The van der Waals surface area contributed by atoms with Crippen molar-refractivity contribution >= 4 is 11.8 Å². The van der Waals surface area contributed by atoms with Crippen molar-refractivity contribution in [2.45, 2.75) is 51.5 Å². The van der Waals surface area contributed by atoms with Crippen LogP contribution in [0.2, 0.25) is 0 Å². The van der Waals surface area contributed by atoms with Crippen molar-refractivity contribution in [3.8, 4) is 0 Å². The van der Waals surface area contributed by atoms with Crippen LogP contribution in [0, 0.1) is 0 Å². The topological polar surface area (TPSA) is 67.4 Å². The molecule has 24 heavy (non-hydrogen) atoms. The first-order chi connectivity index (χ1) is 11.2. The van der Waals surface area contributed by atoms with E-state index in [-0.39, 0.29) is 29.3 Å². The van der Waals surface area contributed by atoms with Gasteiger partial charge in [0.1, 0.15) is 0 Å². The van der Waals surface area contributed by atoms with Gasteiger partial charge in [-0.3, -0.25) is 9.59 Å². The molecule has 0 aliphatic carbocycles. The minimum Gasteiger partial charge on any atom is -0.381 e. The van der Waals surface area contributed by atoms with Gasteiger partial charge in [-0.15, -0.1) is 0 Å². The number of ether oxygens (including phenoxy) is 1. The molecule has 2 amide bonds. The summed E-state index contributed by atoms with van der Waals surface area (Å²) in [5, 5.41) is 5.68. The molecule has 132 valence electrons. The van der Waals surface area contributed by atoms with Gasteiger partial charge in [-0.1, -0.05) is 32.9 Å². The molecule has 1 aliphatic rings. The zero-order chi connectivity index (χ0) is 17.8. The second-order valence-corrected chi connectivity index (χ2v) is 7.73. The van der Waals surface area contributed by atoms with Crippen molar-refractivity contribution in [1.29, 1.82) is 0 Å². The Morgan fingerprint density at radius 2 is 1.71 bits per heavy atom. The maximum atomic E-state index is 12.2. The van der Waals surface area contributed by atoms with E-state index in [0.29, 0.717) is 18.8 Å². The van der Waals surface area contributed by atoms with Crippen LogP contribution in [0.15, 0.2) is 24.3 Å². The Bertz CT molecular complexity index is 582. The van der Waals surface area contributed by atoms with Gasteiger partial charge in [0.2, 0.25) is 5.91 Å². The first-order valence-corrected chi connectivity index (χ1v) is 8.47. The molecule has 5 heteroatoms. The van der Waals surface area contributed by atoms with Gasteiger partial charge in [0.25, 0.3) is 5.91 Å². The second kappa shape index (κ2) is 7.34. The van der Waals surface area contributed by atoms with Gasteiger partial charge >= 0.3 is 0 Å². The standard InChI is InChI=1S/C19H28N2O3/c1-18(2,3)15-7-5-14(6-8-15)17(23)20-13-16(22)21-19(4)9-11-24-12-10-19/h5-8H,9-13H2,1-4H3,(H,20,23)(H,21,22). The molecule has 0 atom stereocenters. The molecule has 0 aromatic heterocycles. The van der Waals surface area contributed by atoms with E-state index in [4.69, 9.17) is 4.74 Å². The van der Waals surface area contributed by atoms with Crippen LogP contribution in [0.4, 0.5) is 0 Å². The maximum absolute atomic E-state index is 12.2. The van der Waals surface area contributed by atoms with E-state index in [1.807, 2.05) is 19.1 Å². The fraction of sp³-hybridized carbons (Fsp3) is 0.579. The maximum Gasteiger partial charge on any atom is 0.251 e. The first kappa shape index (κ1) is 18.5. The lowest BCUT2D eigenvalue weighted by Gasteiger charge is -2.34. The van der Waals surface area contributed by atoms with E-state index < -0.39 is 0 Å². The number of rotatable bonds is 4. The highest BCUT2D eigenvalue weighted by atomic mass is 16.5. The summed E-state index contributed by atoms with van der Waals surface area (Å²) in [6, 6.07) is 7.51. The lowest BCUT2D eigenvalue weighted by Crippen LogP contribution is -2.52. The molecule has 0 spiro atoms. The number of amides is 2. The fourth-order valence-corrected chi connectivity index (χ4v) is 2.71. The quantitative estimate of drug-likeness (QED) is 0.890. The Morgan fingerprint density at radius 3 is 2.25 bits per heavy atom. The Kier molecular flexibility index (Phi) is 5.65. The molecular weight excluding hydrogens is 304 g/mol. The first-order valence-electron chi connectivity index (χ1n) is 8.47. The Labute approximate surface area is 144 Å². The normalized spacial score (nSPS) is 17.2. The van der Waals surface area contributed by atoms with E-state index in [2.05, 4.69) is 31.4 Å². The van der Waals surface area contributed by atoms with Gasteiger partial charge in [-0.2, -0.15) is 0 Å². The SMILES string of the molecule is CC1(NC(=O)CNC(=O)c2ccc(C(C)(C)C)cc2)CCOCC1. The van der Waals surface area contributed by atoms with Gasteiger partial charge in [0.15, 0.2) is 0 Å². The minimum absolute atomic E-state index is 0.0176. The monoisotopic (exact) mass is 332 g/mol. The summed E-state index contributed by atoms with van der Waals surface area (Å²) in [4.78, 5) is 24.2. The number of nitrogens with one attached hydrogen (secondary N) is 2. The van der Waals surface area contributed by atoms with Crippen LogP contribution in [-0.2, 0) is 14.9 Å². The molecule has 0 unspecified atom stereocenters. The highest BCUT2D eigenvalue weighted by Gasteiger charge is 2.28. The Morgan fingerprint density at radius 1 is 1.12 bits per heavy atom. The number of benzene rings is 1. The molecule has 0 radical (unpaired) electrons. The van der Waals surface area contributed by atoms with Gasteiger partial charge in [-0.05, 0) is 42.9 Å². The van der Waals surface area contributed by atoms with E-state index >= 15 is 0 Å². The van der Waals surface area contributed by atoms with Crippen LogP contribution in [0.1, 0.15) is 56.5 Å². The van der Waals surface area contributed by atoms with Crippen molar-refractivity contribution in [3.63, 3.8) is 0 Å². The average Bonchev–Trinajstić information content (AvgIpc) is 2.52. The lowest BCUT2D eigenvalue weighted by molar-refractivity contribution is -0.123. The van der Waals surface area contributed by atoms with Crippen LogP contribution in [0.3, 0.4) is 0 Å². The predicted molar refractivity (Wildman–Crippen MR) is 94.1 cm³/mol. The summed E-state index contributed by atoms with van der Waals surface area (Å²) >= 11 is 0.